The maximum absolute atomic E-state index is 12.4. The van der Waals surface area contributed by atoms with E-state index in [9.17, 15) is 4.79 Å². The molecule has 1 aromatic rings. The van der Waals surface area contributed by atoms with Crippen LogP contribution in [0.4, 0.5) is 0 Å². The maximum Gasteiger partial charge on any atom is 0.228 e. The number of amides is 1. The first kappa shape index (κ1) is 13.3. The molecule has 0 bridgehead atoms. The van der Waals surface area contributed by atoms with Crippen molar-refractivity contribution < 1.29 is 9.53 Å². The zero-order valence-electron chi connectivity index (χ0n) is 10.5. The van der Waals surface area contributed by atoms with E-state index in [1.54, 1.807) is 17.4 Å². The Kier molecular flexibility index (Phi) is 4.96. The topological polar surface area (TPSA) is 29.5 Å². The van der Waals surface area contributed by atoms with Gasteiger partial charge in [-0.1, -0.05) is 12.1 Å². The van der Waals surface area contributed by atoms with Crippen molar-refractivity contribution in [2.45, 2.75) is 19.4 Å². The molecule has 1 unspecified atom stereocenters. The first-order valence-electron chi connectivity index (χ1n) is 6.31. The van der Waals surface area contributed by atoms with E-state index in [2.05, 4.69) is 12.6 Å². The van der Waals surface area contributed by atoms with E-state index in [0.717, 1.165) is 19.4 Å². The first-order chi connectivity index (χ1) is 8.81. The summed E-state index contributed by atoms with van der Waals surface area (Å²) in [6.45, 7) is 6.37. The van der Waals surface area contributed by atoms with Gasteiger partial charge in [-0.3, -0.25) is 4.79 Å². The molecule has 2 rings (SSSR count). The summed E-state index contributed by atoms with van der Waals surface area (Å²) in [6.07, 6.45) is 3.71. The Morgan fingerprint density at radius 1 is 1.67 bits per heavy atom. The van der Waals surface area contributed by atoms with Crippen LogP contribution in [0.25, 0.3) is 0 Å². The van der Waals surface area contributed by atoms with Crippen LogP contribution in [0.15, 0.2) is 30.2 Å². The van der Waals surface area contributed by atoms with Gasteiger partial charge >= 0.3 is 0 Å². The van der Waals surface area contributed by atoms with Crippen molar-refractivity contribution in [1.29, 1.82) is 0 Å². The van der Waals surface area contributed by atoms with Crippen LogP contribution in [-0.4, -0.2) is 30.6 Å². The Morgan fingerprint density at radius 2 is 2.56 bits per heavy atom. The quantitative estimate of drug-likeness (QED) is 0.766. The van der Waals surface area contributed by atoms with Crippen molar-refractivity contribution >= 4 is 17.2 Å². The molecule has 1 aliphatic rings. The third-order valence-electron chi connectivity index (χ3n) is 3.10. The molecule has 0 radical (unpaired) electrons. The van der Waals surface area contributed by atoms with Crippen molar-refractivity contribution in [3.05, 3.63) is 35.0 Å². The van der Waals surface area contributed by atoms with Gasteiger partial charge in [0.15, 0.2) is 0 Å². The van der Waals surface area contributed by atoms with Gasteiger partial charge in [-0.05, 0) is 24.3 Å². The zero-order chi connectivity index (χ0) is 12.8. The summed E-state index contributed by atoms with van der Waals surface area (Å²) in [5, 5.41) is 2.04. The van der Waals surface area contributed by atoms with Crippen LogP contribution in [0.5, 0.6) is 0 Å². The predicted octanol–water partition coefficient (Wildman–Crippen LogP) is 2.69. The van der Waals surface area contributed by atoms with Crippen LogP contribution < -0.4 is 0 Å². The van der Waals surface area contributed by atoms with Crippen LogP contribution in [0.1, 0.15) is 17.7 Å². The maximum atomic E-state index is 12.4. The summed E-state index contributed by atoms with van der Waals surface area (Å²) in [5.74, 6) is 0.224. The average molecular weight is 265 g/mol. The van der Waals surface area contributed by atoms with Gasteiger partial charge in [0.25, 0.3) is 0 Å². The summed E-state index contributed by atoms with van der Waals surface area (Å²) in [6, 6.07) is 4.08. The summed E-state index contributed by atoms with van der Waals surface area (Å²) in [5.41, 5.74) is 0. The highest BCUT2D eigenvalue weighted by Gasteiger charge is 2.26. The van der Waals surface area contributed by atoms with E-state index in [1.165, 1.54) is 4.88 Å². The third kappa shape index (κ3) is 3.43. The smallest absolute Gasteiger partial charge is 0.228 e. The number of nitrogens with zero attached hydrogens (tertiary/aromatic N) is 1. The van der Waals surface area contributed by atoms with Crippen LogP contribution in [0, 0.1) is 5.92 Å². The predicted molar refractivity (Wildman–Crippen MR) is 73.5 cm³/mol. The first-order valence-corrected chi connectivity index (χ1v) is 7.19. The number of carbonyl (C=O) groups excluding carboxylic acids is 1. The molecule has 0 aromatic carbocycles. The molecule has 0 N–H and O–H groups in total. The molecule has 0 spiro atoms. The average Bonchev–Trinajstić information content (AvgIpc) is 2.91. The van der Waals surface area contributed by atoms with Crippen molar-refractivity contribution in [2.24, 2.45) is 5.92 Å². The number of thiophene rings is 1. The van der Waals surface area contributed by atoms with Crippen molar-refractivity contribution in [3.63, 3.8) is 0 Å². The second kappa shape index (κ2) is 6.71. The van der Waals surface area contributed by atoms with Crippen LogP contribution >= 0.6 is 11.3 Å². The van der Waals surface area contributed by atoms with E-state index in [4.69, 9.17) is 4.74 Å². The highest BCUT2D eigenvalue weighted by Crippen LogP contribution is 2.19. The zero-order valence-corrected chi connectivity index (χ0v) is 11.3. The molecule has 18 heavy (non-hydrogen) atoms. The lowest BCUT2D eigenvalue weighted by Crippen LogP contribution is -2.39. The summed E-state index contributed by atoms with van der Waals surface area (Å²) >= 11 is 1.68. The van der Waals surface area contributed by atoms with Gasteiger partial charge in [0.2, 0.25) is 5.91 Å². The van der Waals surface area contributed by atoms with Gasteiger partial charge in [0, 0.05) is 18.0 Å². The molecule has 4 heteroatoms. The molecule has 0 aliphatic carbocycles. The monoisotopic (exact) mass is 265 g/mol. The Bertz CT molecular complexity index is 383. The number of hydrogen-bond acceptors (Lipinski definition) is 3. The van der Waals surface area contributed by atoms with E-state index in [1.807, 2.05) is 16.3 Å². The molecule has 1 aliphatic heterocycles. The molecule has 3 nitrogen and oxygen atoms in total. The fraction of sp³-hybridized carbons (Fsp3) is 0.500. The van der Waals surface area contributed by atoms with E-state index >= 15 is 0 Å². The largest absolute Gasteiger partial charge is 0.381 e. The molecule has 1 amide bonds. The molecule has 98 valence electrons. The number of ether oxygens (including phenoxy) is 1. The minimum atomic E-state index is 0.0265. The lowest BCUT2D eigenvalue weighted by atomic mass is 10.0. The van der Waals surface area contributed by atoms with Gasteiger partial charge in [-0.15, -0.1) is 17.9 Å². The Morgan fingerprint density at radius 3 is 3.17 bits per heavy atom. The molecule has 1 fully saturated rings. The summed E-state index contributed by atoms with van der Waals surface area (Å²) in [4.78, 5) is 15.5. The number of hydrogen-bond donors (Lipinski definition) is 0. The van der Waals surface area contributed by atoms with E-state index in [-0.39, 0.29) is 11.8 Å². The molecule has 1 saturated heterocycles. The summed E-state index contributed by atoms with van der Waals surface area (Å²) in [7, 11) is 0. The SMILES string of the molecule is C=CCN(Cc1cccs1)C(=O)C1CCCOC1. The molecular formula is C14H19NO2S. The fourth-order valence-electron chi connectivity index (χ4n) is 2.17. The standard InChI is InChI=1S/C14H19NO2S/c1-2-7-15(10-13-6-4-9-18-13)14(16)12-5-3-8-17-11-12/h2,4,6,9,12H,1,3,5,7-8,10-11H2. The number of carbonyl (C=O) groups is 1. The number of rotatable bonds is 5. The lowest BCUT2D eigenvalue weighted by molar-refractivity contribution is -0.139. The highest BCUT2D eigenvalue weighted by atomic mass is 32.1. The van der Waals surface area contributed by atoms with E-state index < -0.39 is 0 Å². The van der Waals surface area contributed by atoms with Crippen LogP contribution in [0.3, 0.4) is 0 Å². The van der Waals surface area contributed by atoms with Gasteiger partial charge in [-0.25, -0.2) is 0 Å². The minimum absolute atomic E-state index is 0.0265. The minimum Gasteiger partial charge on any atom is -0.381 e. The van der Waals surface area contributed by atoms with Gasteiger partial charge in [-0.2, -0.15) is 0 Å². The molecular weight excluding hydrogens is 246 g/mol. The Hall–Kier alpha value is -1.13. The molecule has 0 saturated carbocycles. The Balaban J connectivity index is 1.99. The fourth-order valence-corrected chi connectivity index (χ4v) is 2.89. The van der Waals surface area contributed by atoms with Crippen LogP contribution in [0.2, 0.25) is 0 Å². The molecule has 1 aromatic heterocycles. The highest BCUT2D eigenvalue weighted by molar-refractivity contribution is 7.09. The molecule has 1 atom stereocenters. The van der Waals surface area contributed by atoms with Crippen LogP contribution in [-0.2, 0) is 16.1 Å². The van der Waals surface area contributed by atoms with Gasteiger partial charge in [0.05, 0.1) is 19.1 Å². The normalized spacial score (nSPS) is 19.4. The summed E-state index contributed by atoms with van der Waals surface area (Å²) < 4.78 is 5.40. The Labute approximate surface area is 112 Å². The van der Waals surface area contributed by atoms with Crippen molar-refractivity contribution in [2.75, 3.05) is 19.8 Å². The second-order valence-corrected chi connectivity index (χ2v) is 5.53. The third-order valence-corrected chi connectivity index (χ3v) is 3.96. The van der Waals surface area contributed by atoms with Crippen molar-refractivity contribution in [1.82, 2.24) is 4.90 Å². The second-order valence-electron chi connectivity index (χ2n) is 4.50. The molecule has 2 heterocycles. The van der Waals surface area contributed by atoms with Crippen molar-refractivity contribution in [3.8, 4) is 0 Å². The van der Waals surface area contributed by atoms with Gasteiger partial charge < -0.3 is 9.64 Å². The lowest BCUT2D eigenvalue weighted by Gasteiger charge is -2.28. The van der Waals surface area contributed by atoms with E-state index in [0.29, 0.717) is 19.7 Å². The van der Waals surface area contributed by atoms with Gasteiger partial charge in [0.1, 0.15) is 0 Å².